The number of benzene rings is 2. The largest absolute Gasteiger partial charge is 0.454 e. The maximum absolute atomic E-state index is 13.6. The first-order chi connectivity index (χ1) is 16.4. The van der Waals surface area contributed by atoms with E-state index in [1.807, 2.05) is 0 Å². The molecule has 0 saturated carbocycles. The van der Waals surface area contributed by atoms with E-state index in [-0.39, 0.29) is 23.3 Å². The number of fused-ring (bicyclic) bond motifs is 1. The van der Waals surface area contributed by atoms with Gasteiger partial charge in [0.2, 0.25) is 11.9 Å². The first-order valence-electron chi connectivity index (χ1n) is 9.80. The van der Waals surface area contributed by atoms with Gasteiger partial charge >= 0.3 is 6.18 Å². The highest BCUT2D eigenvalue weighted by atomic mass is 32.1. The summed E-state index contributed by atoms with van der Waals surface area (Å²) in [7, 11) is 0. The highest BCUT2D eigenvalue weighted by molar-refractivity contribution is 7.12. The number of amides is 1. The first-order valence-corrected chi connectivity index (χ1v) is 10.7. The second kappa shape index (κ2) is 8.63. The van der Waals surface area contributed by atoms with Gasteiger partial charge < -0.3 is 9.47 Å². The topological polar surface area (TPSA) is 90.6 Å². The molecule has 0 fully saturated rings. The van der Waals surface area contributed by atoms with Crippen molar-refractivity contribution in [1.82, 2.24) is 20.2 Å². The number of aromatic nitrogens is 3. The standard InChI is InChI=1S/C22H14F3N5O3S/c23-22(24,25)19-9-15(14-4-2-1-3-5-14)29-30(19)21-27-16(11-34-21)20(31)28-26-10-13-6-7-17-18(8-13)33-12-32-17/h1-11H,12H2,(H,28,31)/b26-10-. The molecule has 34 heavy (non-hydrogen) atoms. The van der Waals surface area contributed by atoms with Gasteiger partial charge in [0.05, 0.1) is 11.9 Å². The van der Waals surface area contributed by atoms with E-state index in [2.05, 4.69) is 20.6 Å². The third-order valence-corrected chi connectivity index (χ3v) is 5.57. The van der Waals surface area contributed by atoms with Crippen molar-refractivity contribution in [2.45, 2.75) is 6.18 Å². The van der Waals surface area contributed by atoms with Gasteiger partial charge in [0.1, 0.15) is 5.69 Å². The minimum Gasteiger partial charge on any atom is -0.454 e. The Balaban J connectivity index is 1.35. The van der Waals surface area contributed by atoms with Crippen LogP contribution in [0, 0.1) is 0 Å². The number of nitrogens with zero attached hydrogens (tertiary/aromatic N) is 4. The average molecular weight is 485 g/mol. The second-order valence-electron chi connectivity index (χ2n) is 7.02. The summed E-state index contributed by atoms with van der Waals surface area (Å²) >= 11 is 0.859. The predicted octanol–water partition coefficient (Wildman–Crippen LogP) is 4.51. The molecule has 12 heteroatoms. The average Bonchev–Trinajstić information content (AvgIpc) is 3.57. The third kappa shape index (κ3) is 4.35. The number of alkyl halides is 3. The van der Waals surface area contributed by atoms with Gasteiger partial charge in [0.15, 0.2) is 17.2 Å². The van der Waals surface area contributed by atoms with Crippen molar-refractivity contribution in [3.8, 4) is 27.9 Å². The van der Waals surface area contributed by atoms with E-state index in [0.29, 0.717) is 27.3 Å². The van der Waals surface area contributed by atoms with Crippen molar-refractivity contribution in [3.63, 3.8) is 0 Å². The fourth-order valence-corrected chi connectivity index (χ4v) is 3.93. The maximum Gasteiger partial charge on any atom is 0.433 e. The number of halogens is 3. The van der Waals surface area contributed by atoms with E-state index in [4.69, 9.17) is 9.47 Å². The van der Waals surface area contributed by atoms with Gasteiger partial charge in [-0.25, -0.2) is 15.1 Å². The van der Waals surface area contributed by atoms with E-state index in [1.165, 1.54) is 11.6 Å². The SMILES string of the molecule is O=C(N/N=C\c1ccc2c(c1)OCO2)c1csc(-n2nc(-c3ccccc3)cc2C(F)(F)F)n1. The number of hydrazone groups is 1. The van der Waals surface area contributed by atoms with Gasteiger partial charge in [0.25, 0.3) is 5.91 Å². The van der Waals surface area contributed by atoms with Crippen LogP contribution in [0.2, 0.25) is 0 Å². The van der Waals surface area contributed by atoms with Crippen LogP contribution in [0.25, 0.3) is 16.4 Å². The first kappa shape index (κ1) is 21.6. The lowest BCUT2D eigenvalue weighted by Gasteiger charge is -2.06. The predicted molar refractivity (Wildman–Crippen MR) is 117 cm³/mol. The van der Waals surface area contributed by atoms with Crippen LogP contribution in [0.4, 0.5) is 13.2 Å². The van der Waals surface area contributed by atoms with Crippen LogP contribution in [0.3, 0.4) is 0 Å². The van der Waals surface area contributed by atoms with Crippen LogP contribution in [-0.2, 0) is 6.18 Å². The molecular weight excluding hydrogens is 471 g/mol. The minimum atomic E-state index is -4.66. The van der Waals surface area contributed by atoms with E-state index < -0.39 is 17.8 Å². The summed E-state index contributed by atoms with van der Waals surface area (Å²) in [5, 5.41) is 9.19. The minimum absolute atomic E-state index is 0.0901. The number of hydrogen-bond donors (Lipinski definition) is 1. The molecule has 2 aromatic carbocycles. The summed E-state index contributed by atoms with van der Waals surface area (Å²) in [6.07, 6.45) is -3.27. The number of nitrogens with one attached hydrogen (secondary N) is 1. The fourth-order valence-electron chi connectivity index (χ4n) is 3.16. The Bertz CT molecular complexity index is 1380. The highest BCUT2D eigenvalue weighted by Crippen LogP contribution is 2.35. The molecule has 1 aliphatic heterocycles. The molecule has 1 N–H and O–H groups in total. The number of rotatable bonds is 5. The molecule has 0 atom stereocenters. The zero-order valence-corrected chi connectivity index (χ0v) is 17.9. The Morgan fingerprint density at radius 2 is 1.91 bits per heavy atom. The lowest BCUT2D eigenvalue weighted by atomic mass is 10.1. The van der Waals surface area contributed by atoms with Crippen LogP contribution in [0.5, 0.6) is 11.5 Å². The highest BCUT2D eigenvalue weighted by Gasteiger charge is 2.37. The van der Waals surface area contributed by atoms with E-state index in [0.717, 1.165) is 17.4 Å². The second-order valence-corrected chi connectivity index (χ2v) is 7.85. The Labute approximate surface area is 194 Å². The molecule has 0 unspecified atom stereocenters. The van der Waals surface area contributed by atoms with Gasteiger partial charge in [-0.15, -0.1) is 11.3 Å². The molecule has 2 aromatic heterocycles. The summed E-state index contributed by atoms with van der Waals surface area (Å²) < 4.78 is 52.1. The Hall–Kier alpha value is -4.19. The van der Waals surface area contributed by atoms with Gasteiger partial charge in [-0.05, 0) is 29.8 Å². The molecule has 0 aliphatic carbocycles. The molecule has 0 bridgehead atoms. The van der Waals surface area contributed by atoms with Gasteiger partial charge in [-0.1, -0.05) is 30.3 Å². The summed E-state index contributed by atoms with van der Waals surface area (Å²) in [5.41, 5.74) is 2.55. The molecule has 172 valence electrons. The summed E-state index contributed by atoms with van der Waals surface area (Å²) in [6, 6.07) is 14.6. The zero-order valence-electron chi connectivity index (χ0n) is 17.1. The number of ether oxygens (including phenoxy) is 2. The van der Waals surface area contributed by atoms with Crippen LogP contribution in [0.15, 0.2) is 65.1 Å². The lowest BCUT2D eigenvalue weighted by Crippen LogP contribution is -2.18. The third-order valence-electron chi connectivity index (χ3n) is 4.75. The van der Waals surface area contributed by atoms with E-state index in [9.17, 15) is 18.0 Å². The van der Waals surface area contributed by atoms with Gasteiger partial charge in [0, 0.05) is 10.9 Å². The van der Waals surface area contributed by atoms with Gasteiger partial charge in [-0.3, -0.25) is 4.79 Å². The quantitative estimate of drug-likeness (QED) is 0.332. The van der Waals surface area contributed by atoms with E-state index in [1.54, 1.807) is 48.5 Å². The normalized spacial score (nSPS) is 12.9. The molecule has 0 spiro atoms. The number of thiazole rings is 1. The molecular formula is C22H14F3N5O3S. The number of carbonyl (C=O) groups excluding carboxylic acids is 1. The summed E-state index contributed by atoms with van der Waals surface area (Å²) in [6.45, 7) is 0.137. The molecule has 3 heterocycles. The Morgan fingerprint density at radius 3 is 2.71 bits per heavy atom. The smallest absolute Gasteiger partial charge is 0.433 e. The van der Waals surface area contributed by atoms with Crippen LogP contribution < -0.4 is 14.9 Å². The molecule has 1 amide bonds. The van der Waals surface area contributed by atoms with Crippen LogP contribution >= 0.6 is 11.3 Å². The monoisotopic (exact) mass is 485 g/mol. The molecule has 0 radical (unpaired) electrons. The zero-order chi connectivity index (χ0) is 23.7. The number of hydrogen-bond acceptors (Lipinski definition) is 7. The van der Waals surface area contributed by atoms with Crippen LogP contribution in [-0.4, -0.2) is 33.7 Å². The van der Waals surface area contributed by atoms with Crippen molar-refractivity contribution in [2.75, 3.05) is 6.79 Å². The van der Waals surface area contributed by atoms with Crippen molar-refractivity contribution in [3.05, 3.63) is 76.9 Å². The molecule has 0 saturated heterocycles. The molecule has 8 nitrogen and oxygen atoms in total. The molecule has 5 rings (SSSR count). The van der Waals surface area contributed by atoms with Gasteiger partial charge in [-0.2, -0.15) is 23.4 Å². The Kier molecular flexibility index (Phi) is 5.49. The summed E-state index contributed by atoms with van der Waals surface area (Å²) in [5.74, 6) is 0.501. The van der Waals surface area contributed by atoms with E-state index >= 15 is 0 Å². The maximum atomic E-state index is 13.6. The van der Waals surface area contributed by atoms with Crippen molar-refractivity contribution < 1.29 is 27.4 Å². The van der Waals surface area contributed by atoms with Crippen molar-refractivity contribution in [1.29, 1.82) is 0 Å². The fraction of sp³-hybridized carbons (Fsp3) is 0.0909. The lowest BCUT2D eigenvalue weighted by molar-refractivity contribution is -0.142. The van der Waals surface area contributed by atoms with Crippen molar-refractivity contribution in [2.24, 2.45) is 5.10 Å². The summed E-state index contributed by atoms with van der Waals surface area (Å²) in [4.78, 5) is 16.4. The number of carbonyl (C=O) groups is 1. The molecule has 4 aromatic rings. The molecule has 1 aliphatic rings. The van der Waals surface area contributed by atoms with Crippen LogP contribution in [0.1, 0.15) is 21.7 Å². The van der Waals surface area contributed by atoms with Crippen molar-refractivity contribution >= 4 is 23.5 Å². The Morgan fingerprint density at radius 1 is 1.12 bits per heavy atom.